The van der Waals surface area contributed by atoms with Crippen LogP contribution in [0.3, 0.4) is 0 Å². The molecule has 0 fully saturated rings. The van der Waals surface area contributed by atoms with Crippen molar-refractivity contribution in [2.75, 3.05) is 17.2 Å². The zero-order chi connectivity index (χ0) is 15.8. The number of aromatic nitrogens is 4. The van der Waals surface area contributed by atoms with Gasteiger partial charge in [-0.2, -0.15) is 5.10 Å². The Hall–Kier alpha value is -2.89. The molecule has 116 valence electrons. The van der Waals surface area contributed by atoms with Gasteiger partial charge in [0.25, 0.3) is 0 Å². The van der Waals surface area contributed by atoms with Crippen molar-refractivity contribution in [3.63, 3.8) is 0 Å². The summed E-state index contributed by atoms with van der Waals surface area (Å²) in [6.45, 7) is 2.91. The fourth-order valence-electron chi connectivity index (χ4n) is 2.76. The minimum atomic E-state index is 0.601. The Morgan fingerprint density at radius 2 is 2.04 bits per heavy atom. The van der Waals surface area contributed by atoms with E-state index in [2.05, 4.69) is 39.8 Å². The molecule has 2 N–H and O–H groups in total. The van der Waals surface area contributed by atoms with Crippen LogP contribution < -0.4 is 10.6 Å². The van der Waals surface area contributed by atoms with Crippen LogP contribution in [0.25, 0.3) is 11.3 Å². The first-order valence-electron chi connectivity index (χ1n) is 7.66. The molecule has 0 bridgehead atoms. The Morgan fingerprint density at radius 1 is 1.22 bits per heavy atom. The highest BCUT2D eigenvalue weighted by molar-refractivity contribution is 5.76. The summed E-state index contributed by atoms with van der Waals surface area (Å²) in [5.74, 6) is 1.48. The fraction of sp³-hybridized carbons (Fsp3) is 0.235. The van der Waals surface area contributed by atoms with Gasteiger partial charge < -0.3 is 10.6 Å². The molecule has 0 unspecified atom stereocenters. The van der Waals surface area contributed by atoms with E-state index in [4.69, 9.17) is 4.98 Å². The molecule has 23 heavy (non-hydrogen) atoms. The normalized spacial score (nSPS) is 12.8. The maximum atomic E-state index is 4.73. The Morgan fingerprint density at radius 3 is 2.87 bits per heavy atom. The first kappa shape index (κ1) is 13.8. The van der Waals surface area contributed by atoms with Gasteiger partial charge in [0.05, 0.1) is 11.3 Å². The summed E-state index contributed by atoms with van der Waals surface area (Å²) < 4.78 is 1.81. The Bertz CT molecular complexity index is 850. The van der Waals surface area contributed by atoms with Crippen molar-refractivity contribution >= 4 is 17.5 Å². The minimum absolute atomic E-state index is 0.601. The fourth-order valence-corrected chi connectivity index (χ4v) is 2.76. The minimum Gasteiger partial charge on any atom is -0.368 e. The van der Waals surface area contributed by atoms with Crippen LogP contribution in [0.2, 0.25) is 0 Å². The number of fused-ring (bicyclic) bond motifs is 3. The van der Waals surface area contributed by atoms with Crippen LogP contribution >= 0.6 is 0 Å². The van der Waals surface area contributed by atoms with Crippen molar-refractivity contribution in [2.24, 2.45) is 7.05 Å². The average molecular weight is 306 g/mol. The Balaban J connectivity index is 1.73. The molecule has 0 radical (unpaired) electrons. The second-order valence-corrected chi connectivity index (χ2v) is 5.80. The summed E-state index contributed by atoms with van der Waals surface area (Å²) in [7, 11) is 1.92. The first-order chi connectivity index (χ1) is 11.2. The molecule has 2 aromatic heterocycles. The van der Waals surface area contributed by atoms with E-state index < -0.39 is 0 Å². The third kappa shape index (κ3) is 2.63. The van der Waals surface area contributed by atoms with Crippen molar-refractivity contribution in [3.8, 4) is 11.3 Å². The molecule has 6 heteroatoms. The van der Waals surface area contributed by atoms with Crippen molar-refractivity contribution in [1.29, 1.82) is 0 Å². The van der Waals surface area contributed by atoms with E-state index in [0.717, 1.165) is 41.3 Å². The summed E-state index contributed by atoms with van der Waals surface area (Å²) in [6, 6.07) is 8.19. The number of anilines is 3. The maximum Gasteiger partial charge on any atom is 0.227 e. The standard InChI is InChI=1S/C17H18N6/c1-11-3-5-13(6-4-11)20-17-19-9-12-7-8-18-16-14(15(12)21-17)10-23(2)22-16/h3-6,9-10H,7-8H2,1-2H3,(H,18,22)(H,19,20,21). The highest BCUT2D eigenvalue weighted by atomic mass is 15.3. The second kappa shape index (κ2) is 5.39. The van der Waals surface area contributed by atoms with Crippen LogP contribution in [0.4, 0.5) is 17.5 Å². The van der Waals surface area contributed by atoms with E-state index in [-0.39, 0.29) is 0 Å². The molecule has 0 spiro atoms. The second-order valence-electron chi connectivity index (χ2n) is 5.80. The zero-order valence-electron chi connectivity index (χ0n) is 13.2. The number of nitrogens with one attached hydrogen (secondary N) is 2. The van der Waals surface area contributed by atoms with Gasteiger partial charge in [-0.25, -0.2) is 9.97 Å². The first-order valence-corrected chi connectivity index (χ1v) is 7.66. The van der Waals surface area contributed by atoms with Gasteiger partial charge in [-0.05, 0) is 31.0 Å². The number of rotatable bonds is 2. The van der Waals surface area contributed by atoms with Crippen LogP contribution in [0.15, 0.2) is 36.7 Å². The lowest BCUT2D eigenvalue weighted by Crippen LogP contribution is -2.05. The van der Waals surface area contributed by atoms with Gasteiger partial charge in [-0.15, -0.1) is 0 Å². The molecule has 1 aliphatic heterocycles. The molecule has 4 rings (SSSR count). The molecule has 0 amide bonds. The molecule has 3 heterocycles. The molecule has 0 saturated carbocycles. The van der Waals surface area contributed by atoms with E-state index in [1.54, 1.807) is 0 Å². The number of hydrogen-bond acceptors (Lipinski definition) is 5. The number of hydrogen-bond donors (Lipinski definition) is 2. The molecular weight excluding hydrogens is 288 g/mol. The van der Waals surface area contributed by atoms with Crippen molar-refractivity contribution in [2.45, 2.75) is 13.3 Å². The molecule has 0 saturated heterocycles. The lowest BCUT2D eigenvalue weighted by molar-refractivity contribution is 0.767. The third-order valence-corrected chi connectivity index (χ3v) is 3.94. The predicted molar refractivity (Wildman–Crippen MR) is 90.9 cm³/mol. The smallest absolute Gasteiger partial charge is 0.227 e. The third-order valence-electron chi connectivity index (χ3n) is 3.94. The van der Waals surface area contributed by atoms with Gasteiger partial charge in [-0.1, -0.05) is 17.7 Å². The van der Waals surface area contributed by atoms with Gasteiger partial charge in [0.2, 0.25) is 5.95 Å². The van der Waals surface area contributed by atoms with Gasteiger partial charge in [0, 0.05) is 31.7 Å². The summed E-state index contributed by atoms with van der Waals surface area (Å²) >= 11 is 0. The topological polar surface area (TPSA) is 67.7 Å². The molecule has 0 aliphatic carbocycles. The van der Waals surface area contributed by atoms with E-state index in [0.29, 0.717) is 5.95 Å². The largest absolute Gasteiger partial charge is 0.368 e. The van der Waals surface area contributed by atoms with Crippen molar-refractivity contribution < 1.29 is 0 Å². The van der Waals surface area contributed by atoms with Crippen LogP contribution in [0, 0.1) is 6.92 Å². The molecule has 1 aliphatic rings. The predicted octanol–water partition coefficient (Wildman–Crippen LogP) is 2.90. The summed E-state index contributed by atoms with van der Waals surface area (Å²) in [5, 5.41) is 11.1. The van der Waals surface area contributed by atoms with E-state index in [1.807, 2.05) is 36.3 Å². The van der Waals surface area contributed by atoms with Gasteiger partial charge in [0.15, 0.2) is 5.82 Å². The lowest BCUT2D eigenvalue weighted by Gasteiger charge is -2.09. The molecule has 0 atom stereocenters. The molecule has 6 nitrogen and oxygen atoms in total. The van der Waals surface area contributed by atoms with Crippen LogP contribution in [0.1, 0.15) is 11.1 Å². The number of nitrogens with zero attached hydrogens (tertiary/aromatic N) is 4. The van der Waals surface area contributed by atoms with Crippen LogP contribution in [-0.4, -0.2) is 26.3 Å². The Labute approximate surface area is 134 Å². The van der Waals surface area contributed by atoms with Crippen molar-refractivity contribution in [3.05, 3.63) is 47.8 Å². The zero-order valence-corrected chi connectivity index (χ0v) is 13.2. The summed E-state index contributed by atoms with van der Waals surface area (Å²) in [4.78, 5) is 9.18. The van der Waals surface area contributed by atoms with E-state index >= 15 is 0 Å². The maximum absolute atomic E-state index is 4.73. The van der Waals surface area contributed by atoms with Gasteiger partial charge >= 0.3 is 0 Å². The quantitative estimate of drug-likeness (QED) is 0.762. The molecule has 3 aromatic rings. The Kier molecular flexibility index (Phi) is 3.22. The van der Waals surface area contributed by atoms with Crippen molar-refractivity contribution in [1.82, 2.24) is 19.7 Å². The summed E-state index contributed by atoms with van der Waals surface area (Å²) in [6.07, 6.45) is 4.79. The van der Waals surface area contributed by atoms with Crippen LogP contribution in [-0.2, 0) is 13.5 Å². The van der Waals surface area contributed by atoms with E-state index in [9.17, 15) is 0 Å². The summed E-state index contributed by atoms with van der Waals surface area (Å²) in [5.41, 5.74) is 5.31. The molecular formula is C17H18N6. The number of benzene rings is 1. The van der Waals surface area contributed by atoms with Gasteiger partial charge in [-0.3, -0.25) is 4.68 Å². The SMILES string of the molecule is Cc1ccc(Nc2ncc3c(n2)-c2cn(C)nc2NCC3)cc1. The number of aryl methyl sites for hydroxylation is 2. The highest BCUT2D eigenvalue weighted by Gasteiger charge is 2.19. The highest BCUT2D eigenvalue weighted by Crippen LogP contribution is 2.31. The van der Waals surface area contributed by atoms with E-state index in [1.165, 1.54) is 5.56 Å². The van der Waals surface area contributed by atoms with Gasteiger partial charge in [0.1, 0.15) is 0 Å². The average Bonchev–Trinajstić information content (AvgIpc) is 2.83. The monoisotopic (exact) mass is 306 g/mol. The lowest BCUT2D eigenvalue weighted by atomic mass is 10.1. The van der Waals surface area contributed by atoms with Crippen LogP contribution in [0.5, 0.6) is 0 Å². The molecule has 1 aromatic carbocycles.